The summed E-state index contributed by atoms with van der Waals surface area (Å²) >= 11 is 7.74. The van der Waals surface area contributed by atoms with Crippen LogP contribution in [0.3, 0.4) is 0 Å². The second kappa shape index (κ2) is 5.00. The summed E-state index contributed by atoms with van der Waals surface area (Å²) in [6, 6.07) is 6.15. The van der Waals surface area contributed by atoms with Gasteiger partial charge in [-0.2, -0.15) is 0 Å². The number of aryl methyl sites for hydroxylation is 1. The average molecular weight is 238 g/mol. The summed E-state index contributed by atoms with van der Waals surface area (Å²) in [4.78, 5) is 0. The Morgan fingerprint density at radius 3 is 2.93 bits per heavy atom. The van der Waals surface area contributed by atoms with Gasteiger partial charge in [0.05, 0.1) is 0 Å². The monoisotopic (exact) mass is 237 g/mol. The second-order valence-corrected chi connectivity index (χ2v) is 5.06. The molecule has 0 bridgehead atoms. The van der Waals surface area contributed by atoms with Crippen molar-refractivity contribution in [3.05, 3.63) is 41.1 Å². The molecule has 79 valence electrons. The van der Waals surface area contributed by atoms with Gasteiger partial charge in [0.25, 0.3) is 0 Å². The molecule has 0 N–H and O–H groups in total. The standard InChI is InChI=1S/C13H14ClS/c1-2-3-4-5-10-9-15-13-8-11(14)6-7-12(10)13/h6-9H,1-5H2. The first-order valence-electron chi connectivity index (χ1n) is 5.26. The number of thiophene rings is 1. The number of unbranched alkanes of at least 4 members (excludes halogenated alkanes) is 2. The Hall–Kier alpha value is -0.530. The van der Waals surface area contributed by atoms with Gasteiger partial charge in [-0.1, -0.05) is 37.4 Å². The van der Waals surface area contributed by atoms with E-state index in [9.17, 15) is 0 Å². The molecule has 1 heterocycles. The van der Waals surface area contributed by atoms with Crippen molar-refractivity contribution < 1.29 is 0 Å². The maximum Gasteiger partial charge on any atom is 0.0420 e. The van der Waals surface area contributed by atoms with Gasteiger partial charge in [0, 0.05) is 9.72 Å². The summed E-state index contributed by atoms with van der Waals surface area (Å²) in [5, 5.41) is 4.45. The highest BCUT2D eigenvalue weighted by molar-refractivity contribution is 7.17. The molecule has 0 aliphatic carbocycles. The molecule has 0 fully saturated rings. The van der Waals surface area contributed by atoms with Gasteiger partial charge in [0.15, 0.2) is 0 Å². The van der Waals surface area contributed by atoms with Crippen molar-refractivity contribution in [1.82, 2.24) is 0 Å². The van der Waals surface area contributed by atoms with Crippen LogP contribution in [0.25, 0.3) is 10.1 Å². The van der Waals surface area contributed by atoms with E-state index in [0.29, 0.717) is 0 Å². The third-order valence-electron chi connectivity index (χ3n) is 2.56. The third kappa shape index (κ3) is 2.53. The van der Waals surface area contributed by atoms with E-state index < -0.39 is 0 Å². The largest absolute Gasteiger partial charge is 0.143 e. The molecule has 0 saturated heterocycles. The van der Waals surface area contributed by atoms with E-state index in [2.05, 4.69) is 18.4 Å². The quantitative estimate of drug-likeness (QED) is 0.649. The van der Waals surface area contributed by atoms with Crippen LogP contribution in [-0.4, -0.2) is 0 Å². The molecule has 2 heteroatoms. The predicted molar refractivity (Wildman–Crippen MR) is 69.7 cm³/mol. The van der Waals surface area contributed by atoms with Gasteiger partial charge in [-0.3, -0.25) is 0 Å². The van der Waals surface area contributed by atoms with Gasteiger partial charge in [-0.05, 0) is 41.3 Å². The molecular formula is C13H14ClS. The Kier molecular flexibility index (Phi) is 3.66. The summed E-state index contributed by atoms with van der Waals surface area (Å²) in [6.45, 7) is 3.86. The summed E-state index contributed by atoms with van der Waals surface area (Å²) in [6.07, 6.45) is 4.65. The lowest BCUT2D eigenvalue weighted by Gasteiger charge is -1.98. The molecule has 2 aromatic rings. The number of fused-ring (bicyclic) bond motifs is 1. The first-order valence-corrected chi connectivity index (χ1v) is 6.52. The van der Waals surface area contributed by atoms with Crippen molar-refractivity contribution in [2.75, 3.05) is 0 Å². The van der Waals surface area contributed by atoms with Crippen LogP contribution >= 0.6 is 22.9 Å². The number of halogens is 1. The first-order chi connectivity index (χ1) is 7.31. The van der Waals surface area contributed by atoms with E-state index >= 15 is 0 Å². The van der Waals surface area contributed by atoms with Crippen LogP contribution in [0.4, 0.5) is 0 Å². The van der Waals surface area contributed by atoms with Crippen molar-refractivity contribution in [2.24, 2.45) is 0 Å². The summed E-state index contributed by atoms with van der Waals surface area (Å²) in [5.41, 5.74) is 1.46. The summed E-state index contributed by atoms with van der Waals surface area (Å²) in [7, 11) is 0. The highest BCUT2D eigenvalue weighted by Gasteiger charge is 2.03. The summed E-state index contributed by atoms with van der Waals surface area (Å²) in [5.74, 6) is 0. The van der Waals surface area contributed by atoms with Gasteiger partial charge >= 0.3 is 0 Å². The van der Waals surface area contributed by atoms with Crippen LogP contribution in [0.1, 0.15) is 24.8 Å². The van der Waals surface area contributed by atoms with Crippen molar-refractivity contribution in [1.29, 1.82) is 0 Å². The zero-order valence-corrected chi connectivity index (χ0v) is 10.2. The number of hydrogen-bond acceptors (Lipinski definition) is 1. The SMILES string of the molecule is [CH2]CCCCc1csc2cc(Cl)ccc12. The molecule has 1 radical (unpaired) electrons. The molecule has 1 aromatic carbocycles. The molecule has 0 amide bonds. The fraction of sp³-hybridized carbons (Fsp3) is 0.308. The van der Waals surface area contributed by atoms with Crippen LogP contribution in [0.5, 0.6) is 0 Å². The van der Waals surface area contributed by atoms with Crippen molar-refractivity contribution in [3.8, 4) is 0 Å². The number of hydrogen-bond donors (Lipinski definition) is 0. The molecule has 0 aliphatic rings. The van der Waals surface area contributed by atoms with Crippen molar-refractivity contribution in [2.45, 2.75) is 25.7 Å². The predicted octanol–water partition coefficient (Wildman–Crippen LogP) is 5.10. The van der Waals surface area contributed by atoms with E-state index in [1.165, 1.54) is 28.5 Å². The smallest absolute Gasteiger partial charge is 0.0420 e. The van der Waals surface area contributed by atoms with Crippen LogP contribution in [0.15, 0.2) is 23.6 Å². The van der Waals surface area contributed by atoms with Gasteiger partial charge in [0.2, 0.25) is 0 Å². The molecule has 0 unspecified atom stereocenters. The molecule has 0 spiro atoms. The van der Waals surface area contributed by atoms with E-state index in [4.69, 9.17) is 11.6 Å². The summed E-state index contributed by atoms with van der Waals surface area (Å²) < 4.78 is 1.30. The number of rotatable bonds is 4. The minimum absolute atomic E-state index is 0.827. The van der Waals surface area contributed by atoms with Crippen LogP contribution in [0, 0.1) is 6.92 Å². The van der Waals surface area contributed by atoms with Gasteiger partial charge in [0.1, 0.15) is 0 Å². The highest BCUT2D eigenvalue weighted by atomic mass is 35.5. The minimum Gasteiger partial charge on any atom is -0.143 e. The van der Waals surface area contributed by atoms with Crippen LogP contribution in [0.2, 0.25) is 5.02 Å². The molecule has 1 aromatic heterocycles. The lowest BCUT2D eigenvalue weighted by molar-refractivity contribution is 0.750. The maximum absolute atomic E-state index is 5.95. The Bertz CT molecular complexity index is 445. The van der Waals surface area contributed by atoms with E-state index in [0.717, 1.165) is 17.9 Å². The van der Waals surface area contributed by atoms with Gasteiger partial charge in [-0.25, -0.2) is 0 Å². The second-order valence-electron chi connectivity index (χ2n) is 3.71. The van der Waals surface area contributed by atoms with Crippen molar-refractivity contribution in [3.63, 3.8) is 0 Å². The molecule has 2 rings (SSSR count). The van der Waals surface area contributed by atoms with Crippen molar-refractivity contribution >= 4 is 33.0 Å². The molecule has 0 nitrogen and oxygen atoms in total. The Morgan fingerprint density at radius 1 is 1.27 bits per heavy atom. The lowest BCUT2D eigenvalue weighted by Crippen LogP contribution is -1.82. The molecular weight excluding hydrogens is 224 g/mol. The fourth-order valence-electron chi connectivity index (χ4n) is 1.74. The lowest BCUT2D eigenvalue weighted by atomic mass is 10.1. The van der Waals surface area contributed by atoms with Crippen LogP contribution in [-0.2, 0) is 6.42 Å². The van der Waals surface area contributed by atoms with Crippen LogP contribution < -0.4 is 0 Å². The van der Waals surface area contributed by atoms with E-state index in [1.54, 1.807) is 11.3 Å². The van der Waals surface area contributed by atoms with E-state index in [1.807, 2.05) is 12.1 Å². The Morgan fingerprint density at radius 2 is 2.13 bits per heavy atom. The topological polar surface area (TPSA) is 0 Å². The molecule has 0 atom stereocenters. The number of benzene rings is 1. The average Bonchev–Trinajstić information content (AvgIpc) is 2.61. The normalized spacial score (nSPS) is 11.1. The molecule has 0 saturated carbocycles. The van der Waals surface area contributed by atoms with Gasteiger partial charge in [-0.15, -0.1) is 11.3 Å². The Labute approximate surface area is 99.9 Å². The first kappa shape index (κ1) is 11.0. The third-order valence-corrected chi connectivity index (χ3v) is 3.79. The highest BCUT2D eigenvalue weighted by Crippen LogP contribution is 2.29. The zero-order valence-electron chi connectivity index (χ0n) is 8.63. The fourth-order valence-corrected chi connectivity index (χ4v) is 3.01. The zero-order chi connectivity index (χ0) is 10.7. The Balaban J connectivity index is 2.21. The maximum atomic E-state index is 5.95. The minimum atomic E-state index is 0.827. The molecule has 15 heavy (non-hydrogen) atoms. The molecule has 0 aliphatic heterocycles. The van der Waals surface area contributed by atoms with E-state index in [-0.39, 0.29) is 0 Å². The van der Waals surface area contributed by atoms with Gasteiger partial charge < -0.3 is 0 Å².